The van der Waals surface area contributed by atoms with Crippen LogP contribution in [-0.2, 0) is 4.79 Å². The number of rotatable bonds is 4. The predicted octanol–water partition coefficient (Wildman–Crippen LogP) is 1.61. The van der Waals surface area contributed by atoms with E-state index in [0.29, 0.717) is 11.3 Å². The monoisotopic (exact) mass is 294 g/mol. The van der Waals surface area contributed by atoms with Gasteiger partial charge in [0.2, 0.25) is 0 Å². The quantitative estimate of drug-likeness (QED) is 0.785. The summed E-state index contributed by atoms with van der Waals surface area (Å²) in [5, 5.41) is 11.9. The minimum atomic E-state index is -1.19. The third kappa shape index (κ3) is 3.15. The molecule has 0 atom stereocenters. The molecule has 0 aliphatic heterocycles. The number of aromatic amines is 1. The van der Waals surface area contributed by atoms with E-state index in [0.717, 1.165) is 0 Å². The molecule has 1 aromatic rings. The molecule has 0 bridgehead atoms. The van der Waals surface area contributed by atoms with Crippen molar-refractivity contribution in [3.63, 3.8) is 0 Å². The Bertz CT molecular complexity index is 642. The van der Waals surface area contributed by atoms with Gasteiger partial charge in [-0.1, -0.05) is 0 Å². The molecule has 0 unspecified atom stereocenters. The molecular weight excluding hydrogens is 272 g/mol. The maximum Gasteiger partial charge on any atom is 0.311 e. The molecule has 0 fully saturated rings. The number of carbonyl (C=O) groups excluding carboxylic acids is 1. The topological polar surface area (TPSA) is 99.3 Å². The molecule has 0 saturated carbocycles. The summed E-state index contributed by atoms with van der Waals surface area (Å²) in [7, 11) is 0. The molecule has 0 radical (unpaired) electrons. The van der Waals surface area contributed by atoms with Gasteiger partial charge in [-0.25, -0.2) is 0 Å². The van der Waals surface area contributed by atoms with Crippen LogP contribution in [-0.4, -0.2) is 27.5 Å². The van der Waals surface area contributed by atoms with Gasteiger partial charge in [0.25, 0.3) is 11.5 Å². The van der Waals surface area contributed by atoms with Gasteiger partial charge in [-0.3, -0.25) is 14.4 Å². The van der Waals surface area contributed by atoms with Gasteiger partial charge in [0, 0.05) is 5.69 Å². The summed E-state index contributed by atoms with van der Waals surface area (Å²) in [6.45, 7) is 9.71. The molecule has 0 saturated heterocycles. The van der Waals surface area contributed by atoms with Gasteiger partial charge in [-0.15, -0.1) is 0 Å². The van der Waals surface area contributed by atoms with Crippen LogP contribution in [0.2, 0.25) is 0 Å². The lowest BCUT2D eigenvalue weighted by Gasteiger charge is -2.38. The summed E-state index contributed by atoms with van der Waals surface area (Å²) in [5.74, 6) is -1.60. The Hall–Kier alpha value is -2.11. The SMILES string of the molecule is Cc1cc(C)c(C(=O)NC(C)(C)C(C)(C)C(=O)O)c(=O)[nH]1. The molecule has 6 nitrogen and oxygen atoms in total. The minimum absolute atomic E-state index is 0.00913. The highest BCUT2D eigenvalue weighted by molar-refractivity contribution is 5.96. The Morgan fingerprint density at radius 2 is 1.71 bits per heavy atom. The summed E-state index contributed by atoms with van der Waals surface area (Å²) in [6, 6.07) is 1.70. The second kappa shape index (κ2) is 5.35. The molecular formula is C15H22N2O4. The van der Waals surface area contributed by atoms with Crippen LogP contribution < -0.4 is 10.9 Å². The van der Waals surface area contributed by atoms with Crippen LogP contribution in [0.1, 0.15) is 49.3 Å². The highest BCUT2D eigenvalue weighted by atomic mass is 16.4. The fourth-order valence-electron chi connectivity index (χ4n) is 1.91. The molecule has 0 spiro atoms. The maximum absolute atomic E-state index is 12.4. The van der Waals surface area contributed by atoms with E-state index in [9.17, 15) is 19.5 Å². The first-order valence-corrected chi connectivity index (χ1v) is 6.66. The maximum atomic E-state index is 12.4. The zero-order chi connectivity index (χ0) is 16.6. The van der Waals surface area contributed by atoms with Crippen LogP contribution in [0.15, 0.2) is 10.9 Å². The van der Waals surface area contributed by atoms with E-state index in [4.69, 9.17) is 0 Å². The fourth-order valence-corrected chi connectivity index (χ4v) is 1.91. The summed E-state index contributed by atoms with van der Waals surface area (Å²) in [5.41, 5.74) is -1.46. The summed E-state index contributed by atoms with van der Waals surface area (Å²) >= 11 is 0. The number of hydrogen-bond acceptors (Lipinski definition) is 3. The van der Waals surface area contributed by atoms with Crippen LogP contribution in [0.5, 0.6) is 0 Å². The van der Waals surface area contributed by atoms with E-state index >= 15 is 0 Å². The van der Waals surface area contributed by atoms with E-state index in [1.165, 1.54) is 13.8 Å². The van der Waals surface area contributed by atoms with E-state index in [2.05, 4.69) is 10.3 Å². The smallest absolute Gasteiger partial charge is 0.311 e. The first kappa shape index (κ1) is 16.9. The molecule has 6 heteroatoms. The average molecular weight is 294 g/mol. The number of carboxylic acid groups (broad SMARTS) is 1. The van der Waals surface area contributed by atoms with Crippen LogP contribution >= 0.6 is 0 Å². The number of amides is 1. The Kier molecular flexibility index (Phi) is 4.32. The molecule has 3 N–H and O–H groups in total. The number of aromatic nitrogens is 1. The fraction of sp³-hybridized carbons (Fsp3) is 0.533. The van der Waals surface area contributed by atoms with Gasteiger partial charge >= 0.3 is 5.97 Å². The number of aliphatic carboxylic acids is 1. The first-order chi connectivity index (χ1) is 9.40. The van der Waals surface area contributed by atoms with Crippen LogP contribution in [0.25, 0.3) is 0 Å². The first-order valence-electron chi connectivity index (χ1n) is 6.66. The molecule has 0 aromatic carbocycles. The predicted molar refractivity (Wildman–Crippen MR) is 79.5 cm³/mol. The second-order valence-electron chi connectivity index (χ2n) is 6.35. The zero-order valence-electron chi connectivity index (χ0n) is 13.2. The Morgan fingerprint density at radius 1 is 1.19 bits per heavy atom. The molecule has 1 rings (SSSR count). The molecule has 1 heterocycles. The third-order valence-electron chi connectivity index (χ3n) is 4.12. The van der Waals surface area contributed by atoms with E-state index in [-0.39, 0.29) is 5.56 Å². The second-order valence-corrected chi connectivity index (χ2v) is 6.35. The standard InChI is InChI=1S/C15H22N2O4/c1-8-7-9(2)16-11(18)10(8)12(19)17-15(5,6)14(3,4)13(20)21/h7H,1-6H3,(H,16,18)(H,17,19)(H,20,21). The van der Waals surface area contributed by atoms with Crippen molar-refractivity contribution in [1.29, 1.82) is 0 Å². The summed E-state index contributed by atoms with van der Waals surface area (Å²) in [4.78, 5) is 38.2. The Labute approximate surface area is 123 Å². The Morgan fingerprint density at radius 3 is 2.14 bits per heavy atom. The number of nitrogens with one attached hydrogen (secondary N) is 2. The van der Waals surface area contributed by atoms with Crippen molar-refractivity contribution in [2.75, 3.05) is 0 Å². The molecule has 0 aliphatic carbocycles. The van der Waals surface area contributed by atoms with Gasteiger partial charge in [-0.05, 0) is 53.2 Å². The lowest BCUT2D eigenvalue weighted by Crippen LogP contribution is -2.57. The van der Waals surface area contributed by atoms with Crippen LogP contribution in [0.4, 0.5) is 0 Å². The van der Waals surface area contributed by atoms with Gasteiger partial charge < -0.3 is 15.4 Å². The Balaban J connectivity index is 3.19. The van der Waals surface area contributed by atoms with Crippen molar-refractivity contribution in [2.45, 2.75) is 47.1 Å². The van der Waals surface area contributed by atoms with E-state index in [1.54, 1.807) is 33.8 Å². The van der Waals surface area contributed by atoms with E-state index in [1.807, 2.05) is 0 Å². The average Bonchev–Trinajstić information content (AvgIpc) is 2.25. The number of aryl methyl sites for hydroxylation is 2. The lowest BCUT2D eigenvalue weighted by atomic mass is 9.74. The summed E-state index contributed by atoms with van der Waals surface area (Å²) in [6.07, 6.45) is 0. The number of carboxylic acids is 1. The largest absolute Gasteiger partial charge is 0.481 e. The lowest BCUT2D eigenvalue weighted by molar-refractivity contribution is -0.150. The van der Waals surface area contributed by atoms with Gasteiger partial charge in [0.05, 0.1) is 11.0 Å². The van der Waals surface area contributed by atoms with Gasteiger partial charge in [0.1, 0.15) is 5.56 Å². The van der Waals surface area contributed by atoms with Crippen molar-refractivity contribution < 1.29 is 14.7 Å². The number of hydrogen-bond donors (Lipinski definition) is 3. The van der Waals surface area contributed by atoms with Crippen molar-refractivity contribution in [3.8, 4) is 0 Å². The van der Waals surface area contributed by atoms with Crippen molar-refractivity contribution in [1.82, 2.24) is 10.3 Å². The zero-order valence-corrected chi connectivity index (χ0v) is 13.2. The molecule has 1 amide bonds. The number of H-pyrrole nitrogens is 1. The van der Waals surface area contributed by atoms with Crippen LogP contribution in [0, 0.1) is 19.3 Å². The molecule has 0 aliphatic rings. The van der Waals surface area contributed by atoms with Crippen LogP contribution in [0.3, 0.4) is 0 Å². The minimum Gasteiger partial charge on any atom is -0.481 e. The third-order valence-corrected chi connectivity index (χ3v) is 4.12. The highest BCUT2D eigenvalue weighted by Gasteiger charge is 2.44. The van der Waals surface area contributed by atoms with Crippen molar-refractivity contribution in [2.24, 2.45) is 5.41 Å². The van der Waals surface area contributed by atoms with Gasteiger partial charge in [0.15, 0.2) is 0 Å². The van der Waals surface area contributed by atoms with Gasteiger partial charge in [-0.2, -0.15) is 0 Å². The molecule has 116 valence electrons. The normalized spacial score (nSPS) is 12.1. The summed E-state index contributed by atoms with van der Waals surface area (Å²) < 4.78 is 0. The highest BCUT2D eigenvalue weighted by Crippen LogP contribution is 2.31. The molecule has 21 heavy (non-hydrogen) atoms. The number of pyridine rings is 1. The van der Waals surface area contributed by atoms with E-state index < -0.39 is 28.4 Å². The number of carbonyl (C=O) groups is 2. The molecule has 1 aromatic heterocycles. The van der Waals surface area contributed by atoms with Crippen molar-refractivity contribution in [3.05, 3.63) is 33.2 Å². The van der Waals surface area contributed by atoms with Crippen molar-refractivity contribution >= 4 is 11.9 Å².